The lowest BCUT2D eigenvalue weighted by Gasteiger charge is -2.36. The van der Waals surface area contributed by atoms with E-state index in [-0.39, 0.29) is 24.0 Å². The number of piperidine rings is 1. The van der Waals surface area contributed by atoms with E-state index in [4.69, 9.17) is 4.42 Å². The van der Waals surface area contributed by atoms with Gasteiger partial charge in [0.15, 0.2) is 5.96 Å². The maximum absolute atomic E-state index is 5.73. The number of thioether (sulfide) groups is 1. The minimum absolute atomic E-state index is 0. The highest BCUT2D eigenvalue weighted by Gasteiger charge is 2.24. The molecule has 0 amide bonds. The van der Waals surface area contributed by atoms with Crippen molar-refractivity contribution in [2.45, 2.75) is 51.8 Å². The summed E-state index contributed by atoms with van der Waals surface area (Å²) in [6.45, 7) is 12.6. The van der Waals surface area contributed by atoms with Gasteiger partial charge in [0, 0.05) is 37.7 Å². The molecular formula is C20H36IN5OS. The van der Waals surface area contributed by atoms with Crippen LogP contribution in [0, 0.1) is 19.8 Å². The molecule has 2 aliphatic heterocycles. The molecule has 0 saturated carbocycles. The Morgan fingerprint density at radius 2 is 2.04 bits per heavy atom. The number of nitrogens with zero attached hydrogens (tertiary/aromatic N) is 4. The molecule has 28 heavy (non-hydrogen) atoms. The van der Waals surface area contributed by atoms with E-state index < -0.39 is 0 Å². The van der Waals surface area contributed by atoms with Crippen molar-refractivity contribution in [3.63, 3.8) is 0 Å². The van der Waals surface area contributed by atoms with Gasteiger partial charge in [-0.2, -0.15) is 11.8 Å². The number of hydrogen-bond acceptors (Lipinski definition) is 5. The van der Waals surface area contributed by atoms with Gasteiger partial charge in [0.2, 0.25) is 5.89 Å². The van der Waals surface area contributed by atoms with E-state index in [1.54, 1.807) is 0 Å². The van der Waals surface area contributed by atoms with Crippen LogP contribution in [0.3, 0.4) is 0 Å². The Morgan fingerprint density at radius 1 is 1.29 bits per heavy atom. The predicted octanol–water partition coefficient (Wildman–Crippen LogP) is 3.52. The summed E-state index contributed by atoms with van der Waals surface area (Å²) in [4.78, 5) is 14.0. The van der Waals surface area contributed by atoms with Crippen molar-refractivity contribution in [2.24, 2.45) is 10.9 Å². The lowest BCUT2D eigenvalue weighted by molar-refractivity contribution is 0.163. The number of oxazole rings is 1. The third-order valence-electron chi connectivity index (χ3n) is 5.79. The number of aliphatic imine (C=N–C) groups is 1. The van der Waals surface area contributed by atoms with Gasteiger partial charge >= 0.3 is 0 Å². The maximum Gasteiger partial charge on any atom is 0.208 e. The van der Waals surface area contributed by atoms with Crippen LogP contribution in [-0.4, -0.2) is 71.5 Å². The zero-order valence-electron chi connectivity index (χ0n) is 17.7. The van der Waals surface area contributed by atoms with Crippen LogP contribution in [0.1, 0.15) is 43.5 Å². The van der Waals surface area contributed by atoms with Crippen molar-refractivity contribution in [1.29, 1.82) is 0 Å². The van der Waals surface area contributed by atoms with Crippen LogP contribution in [0.2, 0.25) is 0 Å². The first-order valence-electron chi connectivity index (χ1n) is 10.3. The van der Waals surface area contributed by atoms with Gasteiger partial charge in [-0.25, -0.2) is 4.98 Å². The number of hydrogen-bond donors (Lipinski definition) is 1. The van der Waals surface area contributed by atoms with Gasteiger partial charge < -0.3 is 14.6 Å². The molecular weight excluding hydrogens is 485 g/mol. The average molecular weight is 522 g/mol. The first-order chi connectivity index (χ1) is 13.1. The lowest BCUT2D eigenvalue weighted by atomic mass is 9.97. The Kier molecular flexibility index (Phi) is 9.89. The molecule has 1 N–H and O–H groups in total. The molecule has 2 fully saturated rings. The number of rotatable bonds is 5. The summed E-state index contributed by atoms with van der Waals surface area (Å²) >= 11 is 2.10. The van der Waals surface area contributed by atoms with E-state index in [1.165, 1.54) is 25.0 Å². The first-order valence-corrected chi connectivity index (χ1v) is 11.4. The second-order valence-electron chi connectivity index (χ2n) is 7.74. The molecule has 0 aliphatic carbocycles. The Bertz CT molecular complexity index is 611. The normalized spacial score (nSPS) is 22.2. The summed E-state index contributed by atoms with van der Waals surface area (Å²) in [5.41, 5.74) is 1.01. The van der Waals surface area contributed by atoms with Crippen LogP contribution < -0.4 is 5.32 Å². The number of likely N-dealkylation sites (tertiary alicyclic amines) is 1. The van der Waals surface area contributed by atoms with Crippen molar-refractivity contribution in [2.75, 3.05) is 45.5 Å². The molecule has 0 aromatic carbocycles. The zero-order chi connectivity index (χ0) is 19.2. The summed E-state index contributed by atoms with van der Waals surface area (Å²) in [6.07, 6.45) is 3.67. The van der Waals surface area contributed by atoms with Gasteiger partial charge in [0.05, 0.1) is 12.2 Å². The smallest absolute Gasteiger partial charge is 0.208 e. The van der Waals surface area contributed by atoms with E-state index in [0.29, 0.717) is 5.92 Å². The molecule has 2 saturated heterocycles. The highest BCUT2D eigenvalue weighted by Crippen LogP contribution is 2.22. The third-order valence-corrected chi connectivity index (χ3v) is 7.17. The van der Waals surface area contributed by atoms with Gasteiger partial charge in [-0.3, -0.25) is 9.89 Å². The van der Waals surface area contributed by atoms with E-state index >= 15 is 0 Å². The van der Waals surface area contributed by atoms with Crippen LogP contribution in [0.15, 0.2) is 9.41 Å². The second kappa shape index (κ2) is 11.6. The Hall–Kier alpha value is -0.480. The Morgan fingerprint density at radius 3 is 2.64 bits per heavy atom. The number of aromatic nitrogens is 1. The molecule has 1 atom stereocenters. The van der Waals surface area contributed by atoms with E-state index in [9.17, 15) is 0 Å². The van der Waals surface area contributed by atoms with E-state index in [2.05, 4.69) is 43.8 Å². The van der Waals surface area contributed by atoms with Crippen LogP contribution in [0.4, 0.5) is 0 Å². The number of guanidine groups is 1. The summed E-state index contributed by atoms with van der Waals surface area (Å²) in [6, 6.07) is 0. The van der Waals surface area contributed by atoms with Crippen molar-refractivity contribution in [3.8, 4) is 0 Å². The molecule has 3 rings (SSSR count). The molecule has 6 nitrogen and oxygen atoms in total. The van der Waals surface area contributed by atoms with Crippen molar-refractivity contribution in [1.82, 2.24) is 20.1 Å². The lowest BCUT2D eigenvalue weighted by Crippen LogP contribution is -2.49. The number of aryl methyl sites for hydroxylation is 2. The van der Waals surface area contributed by atoms with Gasteiger partial charge in [0.1, 0.15) is 5.76 Å². The van der Waals surface area contributed by atoms with E-state index in [0.717, 1.165) is 67.8 Å². The molecule has 0 spiro atoms. The molecule has 1 aromatic rings. The topological polar surface area (TPSA) is 56.9 Å². The molecule has 8 heteroatoms. The van der Waals surface area contributed by atoms with Crippen LogP contribution in [0.5, 0.6) is 0 Å². The van der Waals surface area contributed by atoms with Crippen LogP contribution >= 0.6 is 35.7 Å². The fourth-order valence-electron chi connectivity index (χ4n) is 3.87. The average Bonchev–Trinajstić information content (AvgIpc) is 3.01. The molecule has 160 valence electrons. The summed E-state index contributed by atoms with van der Waals surface area (Å²) in [5, 5.41) is 4.39. The van der Waals surface area contributed by atoms with Gasteiger partial charge in [-0.1, -0.05) is 6.92 Å². The fraction of sp³-hybridized carbons (Fsp3) is 0.800. The van der Waals surface area contributed by atoms with Gasteiger partial charge in [-0.15, -0.1) is 24.0 Å². The molecule has 0 radical (unpaired) electrons. The number of halogens is 1. The van der Waals surface area contributed by atoms with Gasteiger partial charge in [-0.05, 0) is 52.1 Å². The maximum atomic E-state index is 5.73. The van der Waals surface area contributed by atoms with Gasteiger partial charge in [0.25, 0.3) is 0 Å². The summed E-state index contributed by atoms with van der Waals surface area (Å²) < 4.78 is 5.73. The summed E-state index contributed by atoms with van der Waals surface area (Å²) in [5.74, 6) is 4.80. The highest BCUT2D eigenvalue weighted by molar-refractivity contribution is 14.0. The Labute approximate surface area is 191 Å². The SMILES string of the molecule is CCC1CN(C(=NC)NCC2CCN(Cc3nc(C)c(C)o3)CC2)CCS1.I. The molecule has 2 aliphatic rings. The second-order valence-corrected chi connectivity index (χ2v) is 9.15. The predicted molar refractivity (Wildman–Crippen MR) is 129 cm³/mol. The first kappa shape index (κ1) is 23.8. The highest BCUT2D eigenvalue weighted by atomic mass is 127. The molecule has 0 bridgehead atoms. The summed E-state index contributed by atoms with van der Waals surface area (Å²) in [7, 11) is 1.91. The van der Waals surface area contributed by atoms with Crippen molar-refractivity contribution >= 4 is 41.7 Å². The minimum Gasteiger partial charge on any atom is -0.444 e. The van der Waals surface area contributed by atoms with Crippen molar-refractivity contribution < 1.29 is 4.42 Å². The van der Waals surface area contributed by atoms with Crippen molar-refractivity contribution in [3.05, 3.63) is 17.3 Å². The van der Waals surface area contributed by atoms with Crippen LogP contribution in [0.25, 0.3) is 0 Å². The monoisotopic (exact) mass is 521 g/mol. The zero-order valence-corrected chi connectivity index (χ0v) is 20.9. The molecule has 1 unspecified atom stereocenters. The van der Waals surface area contributed by atoms with E-state index in [1.807, 2.05) is 20.9 Å². The quantitative estimate of drug-likeness (QED) is 0.364. The largest absolute Gasteiger partial charge is 0.444 e. The number of nitrogens with one attached hydrogen (secondary N) is 1. The molecule has 3 heterocycles. The fourth-order valence-corrected chi connectivity index (χ4v) is 5.05. The van der Waals surface area contributed by atoms with Crippen LogP contribution in [-0.2, 0) is 6.54 Å². The standard InChI is InChI=1S/C20H35N5OS.HI/c1-5-18-13-25(10-11-27-18)20(21-4)22-12-17-6-8-24(9-7-17)14-19-23-15(2)16(3)26-19;/h17-18H,5-14H2,1-4H3,(H,21,22);1H. The Balaban J connectivity index is 0.00000280. The minimum atomic E-state index is 0. The third kappa shape index (κ3) is 6.52. The molecule has 1 aromatic heterocycles.